The number of aromatic hydroxyl groups is 1. The third-order valence-electron chi connectivity index (χ3n) is 6.72. The van der Waals surface area contributed by atoms with Gasteiger partial charge in [-0.2, -0.15) is 5.10 Å². The molecule has 3 atom stereocenters. The lowest BCUT2D eigenvalue weighted by molar-refractivity contribution is 0.0180. The monoisotopic (exact) mass is 418 g/mol. The number of aromatic nitrogens is 4. The number of fused-ring (bicyclic) bond motifs is 3. The summed E-state index contributed by atoms with van der Waals surface area (Å²) in [6.07, 6.45) is 6.84. The second-order valence-electron chi connectivity index (χ2n) is 8.88. The van der Waals surface area contributed by atoms with Gasteiger partial charge in [0, 0.05) is 54.6 Å². The summed E-state index contributed by atoms with van der Waals surface area (Å²) >= 11 is 0. The van der Waals surface area contributed by atoms with E-state index in [1.807, 2.05) is 25.4 Å². The standard InChI is InChI=1S/C23H26N6O2/c1-28-11-16(10-24-28)14-2-3-20(22(30)7-14)21-6-15-4-5-29(23(15)27-26-21)19-8-17-12-31-13-18(9-19)25-17/h2-3,6-7,10-11,17-19,25,30H,4-5,8-9,12-13H2,1H3/t17-,18+,19+. The Bertz CT molecular complexity index is 1120. The Hall–Kier alpha value is -2.97. The van der Waals surface area contributed by atoms with E-state index in [-0.39, 0.29) is 5.75 Å². The Morgan fingerprint density at radius 1 is 1.10 bits per heavy atom. The van der Waals surface area contributed by atoms with E-state index >= 15 is 0 Å². The lowest BCUT2D eigenvalue weighted by Crippen LogP contribution is -2.58. The summed E-state index contributed by atoms with van der Waals surface area (Å²) in [5.74, 6) is 1.21. The van der Waals surface area contributed by atoms with Gasteiger partial charge in [0.2, 0.25) is 0 Å². The van der Waals surface area contributed by atoms with Crippen LogP contribution >= 0.6 is 0 Å². The maximum atomic E-state index is 10.7. The van der Waals surface area contributed by atoms with E-state index in [1.165, 1.54) is 5.56 Å². The molecule has 2 aromatic heterocycles. The van der Waals surface area contributed by atoms with Crippen molar-refractivity contribution in [1.29, 1.82) is 0 Å². The molecule has 3 aliphatic heterocycles. The molecule has 160 valence electrons. The minimum absolute atomic E-state index is 0.205. The molecule has 2 bridgehead atoms. The van der Waals surface area contributed by atoms with E-state index in [0.717, 1.165) is 56.0 Å². The number of aryl methyl sites for hydroxylation is 1. The van der Waals surface area contributed by atoms with Gasteiger partial charge in [0.05, 0.1) is 25.1 Å². The van der Waals surface area contributed by atoms with Gasteiger partial charge >= 0.3 is 0 Å². The van der Waals surface area contributed by atoms with Crippen molar-refractivity contribution in [3.8, 4) is 28.1 Å². The van der Waals surface area contributed by atoms with Crippen LogP contribution in [0.3, 0.4) is 0 Å². The van der Waals surface area contributed by atoms with Gasteiger partial charge in [-0.3, -0.25) is 4.68 Å². The summed E-state index contributed by atoms with van der Waals surface area (Å²) in [5, 5.41) is 27.7. The first-order valence-electron chi connectivity index (χ1n) is 10.9. The first kappa shape index (κ1) is 18.8. The number of hydrogen-bond donors (Lipinski definition) is 2. The number of ether oxygens (including phenoxy) is 1. The lowest BCUT2D eigenvalue weighted by Gasteiger charge is -2.43. The van der Waals surface area contributed by atoms with Gasteiger partial charge in [0.1, 0.15) is 5.75 Å². The van der Waals surface area contributed by atoms with Crippen LogP contribution in [-0.2, 0) is 18.2 Å². The molecule has 5 heterocycles. The molecule has 6 rings (SSSR count). The summed E-state index contributed by atoms with van der Waals surface area (Å²) in [7, 11) is 1.88. The number of benzene rings is 1. The van der Waals surface area contributed by atoms with Gasteiger partial charge in [-0.05, 0) is 43.0 Å². The first-order chi connectivity index (χ1) is 15.1. The fourth-order valence-electron chi connectivity index (χ4n) is 5.24. The largest absolute Gasteiger partial charge is 0.507 e. The van der Waals surface area contributed by atoms with E-state index in [1.54, 1.807) is 16.9 Å². The molecule has 0 radical (unpaired) electrons. The van der Waals surface area contributed by atoms with Crippen LogP contribution in [0.5, 0.6) is 5.75 Å². The van der Waals surface area contributed by atoms with Gasteiger partial charge in [-0.1, -0.05) is 6.07 Å². The lowest BCUT2D eigenvalue weighted by atomic mass is 9.91. The summed E-state index contributed by atoms with van der Waals surface area (Å²) < 4.78 is 7.44. The number of phenols is 1. The number of nitrogens with one attached hydrogen (secondary N) is 1. The molecular weight excluding hydrogens is 392 g/mol. The molecule has 0 spiro atoms. The molecule has 0 saturated carbocycles. The van der Waals surface area contributed by atoms with E-state index in [2.05, 4.69) is 31.6 Å². The Kier molecular flexibility index (Phi) is 4.43. The van der Waals surface area contributed by atoms with E-state index in [4.69, 9.17) is 4.74 Å². The van der Waals surface area contributed by atoms with Gasteiger partial charge in [0.15, 0.2) is 5.82 Å². The average molecular weight is 419 g/mol. The SMILES string of the molecule is Cn1cc(-c2ccc(-c3cc4c(nn3)N([C@@H]3C[C@H]5COC[C@@H](C3)N5)CC4)c(O)c2)cn1. The van der Waals surface area contributed by atoms with Crippen LogP contribution in [0.4, 0.5) is 5.82 Å². The normalized spacial score (nSPS) is 24.9. The highest BCUT2D eigenvalue weighted by molar-refractivity contribution is 5.74. The van der Waals surface area contributed by atoms with Crippen molar-refractivity contribution < 1.29 is 9.84 Å². The van der Waals surface area contributed by atoms with Crippen molar-refractivity contribution >= 4 is 5.82 Å². The van der Waals surface area contributed by atoms with Crippen LogP contribution in [0.15, 0.2) is 36.7 Å². The molecule has 1 aromatic carbocycles. The second kappa shape index (κ2) is 7.32. The van der Waals surface area contributed by atoms with E-state index in [0.29, 0.717) is 29.4 Å². The van der Waals surface area contributed by atoms with E-state index < -0.39 is 0 Å². The molecule has 8 heteroatoms. The predicted octanol–water partition coefficient (Wildman–Crippen LogP) is 2.13. The van der Waals surface area contributed by atoms with Gasteiger partial charge < -0.3 is 20.1 Å². The second-order valence-corrected chi connectivity index (χ2v) is 8.88. The van der Waals surface area contributed by atoms with Gasteiger partial charge in [0.25, 0.3) is 0 Å². The first-order valence-corrected chi connectivity index (χ1v) is 10.9. The van der Waals surface area contributed by atoms with Crippen molar-refractivity contribution in [2.45, 2.75) is 37.4 Å². The van der Waals surface area contributed by atoms with Crippen molar-refractivity contribution in [2.75, 3.05) is 24.7 Å². The number of anilines is 1. The van der Waals surface area contributed by atoms with E-state index in [9.17, 15) is 5.11 Å². The zero-order valence-electron chi connectivity index (χ0n) is 17.5. The Morgan fingerprint density at radius 2 is 1.94 bits per heavy atom. The van der Waals surface area contributed by atoms with Crippen LogP contribution in [0, 0.1) is 0 Å². The molecule has 2 fully saturated rings. The van der Waals surface area contributed by atoms with Crippen LogP contribution in [0.2, 0.25) is 0 Å². The molecule has 3 aromatic rings. The number of morpholine rings is 1. The fourth-order valence-corrected chi connectivity index (χ4v) is 5.24. The van der Waals surface area contributed by atoms with Crippen LogP contribution in [-0.4, -0.2) is 63.0 Å². The highest BCUT2D eigenvalue weighted by Crippen LogP contribution is 2.37. The summed E-state index contributed by atoms with van der Waals surface area (Å²) in [6, 6.07) is 9.11. The summed E-state index contributed by atoms with van der Waals surface area (Å²) in [6.45, 7) is 2.57. The minimum atomic E-state index is 0.205. The number of phenolic OH excluding ortho intramolecular Hbond substituents is 1. The number of hydrogen-bond acceptors (Lipinski definition) is 7. The van der Waals surface area contributed by atoms with Gasteiger partial charge in [-0.25, -0.2) is 0 Å². The molecule has 31 heavy (non-hydrogen) atoms. The smallest absolute Gasteiger partial charge is 0.154 e. The minimum Gasteiger partial charge on any atom is -0.507 e. The topological polar surface area (TPSA) is 88.3 Å². The fraction of sp³-hybridized carbons (Fsp3) is 0.435. The van der Waals surface area contributed by atoms with Crippen molar-refractivity contribution in [3.63, 3.8) is 0 Å². The number of rotatable bonds is 3. The van der Waals surface area contributed by atoms with Crippen molar-refractivity contribution in [2.24, 2.45) is 7.05 Å². The molecule has 0 amide bonds. The van der Waals surface area contributed by atoms with Crippen LogP contribution < -0.4 is 10.2 Å². The highest BCUT2D eigenvalue weighted by atomic mass is 16.5. The third kappa shape index (κ3) is 3.36. The third-order valence-corrected chi connectivity index (χ3v) is 6.72. The van der Waals surface area contributed by atoms with Gasteiger partial charge in [-0.15, -0.1) is 10.2 Å². The average Bonchev–Trinajstić information content (AvgIpc) is 3.39. The molecule has 8 nitrogen and oxygen atoms in total. The maximum Gasteiger partial charge on any atom is 0.154 e. The number of piperidine rings is 1. The Morgan fingerprint density at radius 3 is 2.68 bits per heavy atom. The number of nitrogens with zero attached hydrogens (tertiary/aromatic N) is 5. The quantitative estimate of drug-likeness (QED) is 0.674. The molecule has 3 aliphatic rings. The molecule has 0 unspecified atom stereocenters. The van der Waals surface area contributed by atoms with Crippen LogP contribution in [0.1, 0.15) is 18.4 Å². The zero-order valence-corrected chi connectivity index (χ0v) is 17.5. The maximum absolute atomic E-state index is 10.7. The summed E-state index contributed by atoms with van der Waals surface area (Å²) in [4.78, 5) is 2.43. The predicted molar refractivity (Wildman–Crippen MR) is 117 cm³/mol. The zero-order chi connectivity index (χ0) is 20.9. The Labute approximate surface area is 180 Å². The Balaban J connectivity index is 1.26. The summed E-state index contributed by atoms with van der Waals surface area (Å²) in [5.41, 5.74) is 4.52. The van der Waals surface area contributed by atoms with Crippen molar-refractivity contribution in [3.05, 3.63) is 42.2 Å². The van der Waals surface area contributed by atoms with Crippen molar-refractivity contribution in [1.82, 2.24) is 25.3 Å². The molecule has 2 N–H and O–H groups in total. The van der Waals surface area contributed by atoms with Crippen LogP contribution in [0.25, 0.3) is 22.4 Å². The molecular formula is C23H26N6O2. The molecule has 2 saturated heterocycles. The molecule has 0 aliphatic carbocycles. The highest BCUT2D eigenvalue weighted by Gasteiger charge is 2.37.